The molecule has 0 bridgehead atoms. The first-order valence-electron chi connectivity index (χ1n) is 5.18. The molecule has 0 unspecified atom stereocenters. The zero-order valence-electron chi connectivity index (χ0n) is 9.51. The molecule has 0 aromatic heterocycles. The number of nitro benzene ring substituents is 1. The zero-order valence-corrected chi connectivity index (χ0v) is 9.51. The molecule has 1 N–H and O–H groups in total. The van der Waals surface area contributed by atoms with E-state index in [0.717, 1.165) is 13.0 Å². The van der Waals surface area contributed by atoms with Crippen molar-refractivity contribution in [1.29, 1.82) is 5.26 Å². The van der Waals surface area contributed by atoms with Crippen LogP contribution in [0, 0.1) is 21.4 Å². The van der Waals surface area contributed by atoms with Gasteiger partial charge in [0.1, 0.15) is 6.07 Å². The topological polar surface area (TPSA) is 79.0 Å². The van der Waals surface area contributed by atoms with E-state index in [4.69, 9.17) is 5.26 Å². The fourth-order valence-corrected chi connectivity index (χ4v) is 1.34. The first-order chi connectivity index (χ1) is 8.19. The predicted octanol–water partition coefficient (Wildman–Crippen LogP) is 2.09. The normalized spacial score (nSPS) is 10.4. The summed E-state index contributed by atoms with van der Waals surface area (Å²) in [5.74, 6) is 0. The molecule has 0 heterocycles. The van der Waals surface area contributed by atoms with Crippen LogP contribution in [-0.2, 0) is 0 Å². The number of nitrogens with one attached hydrogen (secondary N) is 1. The van der Waals surface area contributed by atoms with E-state index in [-0.39, 0.29) is 5.69 Å². The molecular weight excluding hydrogens is 218 g/mol. The summed E-state index contributed by atoms with van der Waals surface area (Å²) in [5.41, 5.74) is 0.961. The molecule has 1 aromatic carbocycles. The lowest BCUT2D eigenvalue weighted by Crippen LogP contribution is -2.05. The van der Waals surface area contributed by atoms with Crippen molar-refractivity contribution in [3.05, 3.63) is 45.5 Å². The van der Waals surface area contributed by atoms with Crippen LogP contribution in [0.1, 0.15) is 17.5 Å². The van der Waals surface area contributed by atoms with Crippen LogP contribution in [-0.4, -0.2) is 18.5 Å². The van der Waals surface area contributed by atoms with Crippen molar-refractivity contribution < 1.29 is 4.92 Å². The molecule has 0 saturated carbocycles. The second-order valence-corrected chi connectivity index (χ2v) is 3.44. The molecule has 0 aliphatic carbocycles. The summed E-state index contributed by atoms with van der Waals surface area (Å²) in [6.45, 7) is 0.853. The van der Waals surface area contributed by atoms with Gasteiger partial charge in [0.2, 0.25) is 0 Å². The Hall–Kier alpha value is -2.19. The van der Waals surface area contributed by atoms with Crippen molar-refractivity contribution in [1.82, 2.24) is 5.32 Å². The molecule has 0 aliphatic rings. The Balaban J connectivity index is 2.90. The van der Waals surface area contributed by atoms with Gasteiger partial charge in [0.25, 0.3) is 5.69 Å². The summed E-state index contributed by atoms with van der Waals surface area (Å²) in [7, 11) is 1.86. The molecule has 1 rings (SSSR count). The maximum absolute atomic E-state index is 10.5. The number of non-ortho nitro benzene ring substituents is 1. The predicted molar refractivity (Wildman–Crippen MR) is 65.4 cm³/mol. The number of rotatable bonds is 5. The summed E-state index contributed by atoms with van der Waals surface area (Å²) in [5, 5.41) is 22.5. The quantitative estimate of drug-likeness (QED) is 0.478. The second-order valence-electron chi connectivity index (χ2n) is 3.44. The first-order valence-corrected chi connectivity index (χ1v) is 5.18. The zero-order chi connectivity index (χ0) is 12.7. The lowest BCUT2D eigenvalue weighted by Gasteiger charge is -1.98. The van der Waals surface area contributed by atoms with Gasteiger partial charge in [0, 0.05) is 12.1 Å². The lowest BCUT2D eigenvalue weighted by atomic mass is 10.1. The van der Waals surface area contributed by atoms with E-state index in [1.54, 1.807) is 12.1 Å². The summed E-state index contributed by atoms with van der Waals surface area (Å²) in [6, 6.07) is 6.24. The van der Waals surface area contributed by atoms with E-state index >= 15 is 0 Å². The molecular formula is C12H13N3O2. The fraction of sp³-hybridized carbons (Fsp3) is 0.250. The molecule has 0 amide bonds. The van der Waals surface area contributed by atoms with Crippen LogP contribution < -0.4 is 5.32 Å². The van der Waals surface area contributed by atoms with Crippen molar-refractivity contribution in [2.24, 2.45) is 0 Å². The van der Waals surface area contributed by atoms with Crippen molar-refractivity contribution >= 4 is 11.8 Å². The number of benzene rings is 1. The SMILES string of the molecule is CNCCC=Cc1ccc([N+](=O)[O-])cc1C#N. The first kappa shape index (κ1) is 12.9. The fourth-order valence-electron chi connectivity index (χ4n) is 1.34. The third-order valence-electron chi connectivity index (χ3n) is 2.23. The van der Waals surface area contributed by atoms with E-state index in [2.05, 4.69) is 5.32 Å². The Morgan fingerprint density at radius 3 is 2.94 bits per heavy atom. The summed E-state index contributed by atoms with van der Waals surface area (Å²) in [6.07, 6.45) is 4.58. The van der Waals surface area contributed by atoms with Gasteiger partial charge < -0.3 is 5.32 Å². The molecule has 88 valence electrons. The third-order valence-corrected chi connectivity index (χ3v) is 2.23. The largest absolute Gasteiger partial charge is 0.319 e. The van der Waals surface area contributed by atoms with Gasteiger partial charge in [-0.25, -0.2) is 0 Å². The summed E-state index contributed by atoms with van der Waals surface area (Å²) >= 11 is 0. The number of nitro groups is 1. The minimum atomic E-state index is -0.505. The van der Waals surface area contributed by atoms with Gasteiger partial charge in [-0.3, -0.25) is 10.1 Å². The molecule has 1 aromatic rings. The Morgan fingerprint density at radius 2 is 2.35 bits per heavy atom. The Morgan fingerprint density at radius 1 is 1.59 bits per heavy atom. The van der Waals surface area contributed by atoms with Gasteiger partial charge in [0.15, 0.2) is 0 Å². The Bertz CT molecular complexity index is 475. The molecule has 0 fully saturated rings. The minimum absolute atomic E-state index is 0.0612. The summed E-state index contributed by atoms with van der Waals surface area (Å²) in [4.78, 5) is 10.0. The van der Waals surface area contributed by atoms with Crippen molar-refractivity contribution in [2.45, 2.75) is 6.42 Å². The molecule has 5 nitrogen and oxygen atoms in total. The van der Waals surface area contributed by atoms with Crippen LogP contribution in [0.15, 0.2) is 24.3 Å². The van der Waals surface area contributed by atoms with Crippen LogP contribution in [0.2, 0.25) is 0 Å². The standard InChI is InChI=1S/C12H13N3O2/c1-14-7-3-2-4-10-5-6-12(15(16)17)8-11(10)9-13/h2,4-6,8,14H,3,7H2,1H3. The third kappa shape index (κ3) is 3.70. The molecule has 0 spiro atoms. The van der Waals surface area contributed by atoms with Gasteiger partial charge in [-0.15, -0.1) is 0 Å². The summed E-state index contributed by atoms with van der Waals surface area (Å²) < 4.78 is 0. The highest BCUT2D eigenvalue weighted by molar-refractivity contribution is 5.60. The molecule has 0 saturated heterocycles. The molecule has 0 aliphatic heterocycles. The maximum atomic E-state index is 10.5. The highest BCUT2D eigenvalue weighted by Crippen LogP contribution is 2.18. The lowest BCUT2D eigenvalue weighted by molar-refractivity contribution is -0.384. The molecule has 0 radical (unpaired) electrons. The smallest absolute Gasteiger partial charge is 0.270 e. The van der Waals surface area contributed by atoms with Crippen LogP contribution in [0.4, 0.5) is 5.69 Å². The number of hydrogen-bond acceptors (Lipinski definition) is 4. The maximum Gasteiger partial charge on any atom is 0.270 e. The van der Waals surface area contributed by atoms with Gasteiger partial charge in [-0.2, -0.15) is 5.26 Å². The van der Waals surface area contributed by atoms with Gasteiger partial charge in [-0.05, 0) is 31.6 Å². The van der Waals surface area contributed by atoms with E-state index < -0.39 is 4.92 Å². The Labute approximate surface area is 99.5 Å². The van der Waals surface area contributed by atoms with Crippen molar-refractivity contribution in [3.63, 3.8) is 0 Å². The van der Waals surface area contributed by atoms with E-state index in [9.17, 15) is 10.1 Å². The van der Waals surface area contributed by atoms with Crippen molar-refractivity contribution in [2.75, 3.05) is 13.6 Å². The van der Waals surface area contributed by atoms with Crippen molar-refractivity contribution in [3.8, 4) is 6.07 Å². The Kier molecular flexibility index (Phi) is 4.85. The van der Waals surface area contributed by atoms with Gasteiger partial charge in [-0.1, -0.05) is 12.2 Å². The van der Waals surface area contributed by atoms with Crippen LogP contribution in [0.5, 0.6) is 0 Å². The van der Waals surface area contributed by atoms with Gasteiger partial charge >= 0.3 is 0 Å². The van der Waals surface area contributed by atoms with E-state index in [1.807, 2.05) is 19.2 Å². The highest BCUT2D eigenvalue weighted by atomic mass is 16.6. The van der Waals surface area contributed by atoms with Gasteiger partial charge in [0.05, 0.1) is 10.5 Å². The highest BCUT2D eigenvalue weighted by Gasteiger charge is 2.08. The number of nitriles is 1. The van der Waals surface area contributed by atoms with Crippen LogP contribution >= 0.6 is 0 Å². The average Bonchev–Trinajstić information content (AvgIpc) is 2.34. The van der Waals surface area contributed by atoms with Crippen LogP contribution in [0.3, 0.4) is 0 Å². The minimum Gasteiger partial charge on any atom is -0.319 e. The number of nitrogens with zero attached hydrogens (tertiary/aromatic N) is 2. The van der Waals surface area contributed by atoms with Crippen LogP contribution in [0.25, 0.3) is 6.08 Å². The van der Waals surface area contributed by atoms with E-state index in [0.29, 0.717) is 11.1 Å². The molecule has 0 atom stereocenters. The molecule has 5 heteroatoms. The number of hydrogen-bond donors (Lipinski definition) is 1. The average molecular weight is 231 g/mol. The molecule has 17 heavy (non-hydrogen) atoms. The monoisotopic (exact) mass is 231 g/mol. The van der Waals surface area contributed by atoms with E-state index in [1.165, 1.54) is 12.1 Å². The second kappa shape index (κ2) is 6.40.